The first-order chi connectivity index (χ1) is 13.8. The van der Waals surface area contributed by atoms with Crippen LogP contribution < -0.4 is 10.5 Å². The molecule has 2 aromatic carbocycles. The van der Waals surface area contributed by atoms with Crippen molar-refractivity contribution in [3.8, 4) is 0 Å². The first-order valence-corrected chi connectivity index (χ1v) is 11.0. The number of nitrogens with zero attached hydrogens (tertiary/aromatic N) is 1. The second-order valence-electron chi connectivity index (χ2n) is 7.37. The van der Waals surface area contributed by atoms with Gasteiger partial charge in [-0.2, -0.15) is 0 Å². The molecular weight excluding hydrogens is 390 g/mol. The molecule has 154 valence electrons. The molecule has 0 aliphatic carbocycles. The van der Waals surface area contributed by atoms with Crippen molar-refractivity contribution in [1.29, 1.82) is 0 Å². The van der Waals surface area contributed by atoms with Crippen LogP contribution in [0.15, 0.2) is 53.4 Å². The number of aryl methyl sites for hydroxylation is 1. The van der Waals surface area contributed by atoms with Gasteiger partial charge in [-0.1, -0.05) is 23.8 Å². The second kappa shape index (κ2) is 8.75. The number of rotatable bonds is 6. The molecule has 1 aliphatic rings. The number of primary amides is 1. The van der Waals surface area contributed by atoms with Crippen molar-refractivity contribution >= 4 is 21.8 Å². The minimum atomic E-state index is -3.59. The Hall–Kier alpha value is -2.71. The van der Waals surface area contributed by atoms with E-state index in [4.69, 9.17) is 5.73 Å². The van der Waals surface area contributed by atoms with Gasteiger partial charge in [0.2, 0.25) is 15.9 Å². The molecule has 2 aromatic rings. The third-order valence-electron chi connectivity index (χ3n) is 5.09. The van der Waals surface area contributed by atoms with Gasteiger partial charge < -0.3 is 10.6 Å². The van der Waals surface area contributed by atoms with Gasteiger partial charge in [-0.15, -0.1) is 0 Å². The lowest BCUT2D eigenvalue weighted by molar-refractivity contribution is 0.0676. The molecule has 1 unspecified atom stereocenters. The predicted octanol–water partition coefficient (Wildman–Crippen LogP) is 1.92. The third-order valence-corrected chi connectivity index (χ3v) is 6.53. The summed E-state index contributed by atoms with van der Waals surface area (Å²) in [6.07, 6.45) is 1.62. The van der Waals surface area contributed by atoms with E-state index in [1.807, 2.05) is 6.92 Å². The van der Waals surface area contributed by atoms with Gasteiger partial charge in [0.05, 0.1) is 4.90 Å². The van der Waals surface area contributed by atoms with Crippen molar-refractivity contribution < 1.29 is 18.0 Å². The van der Waals surface area contributed by atoms with Crippen LogP contribution in [0.4, 0.5) is 0 Å². The van der Waals surface area contributed by atoms with Crippen LogP contribution in [0.2, 0.25) is 0 Å². The lowest BCUT2D eigenvalue weighted by atomic mass is 9.97. The summed E-state index contributed by atoms with van der Waals surface area (Å²) in [6.45, 7) is 3.22. The molecule has 1 saturated heterocycles. The number of nitrogens with two attached hydrogens (primary N) is 1. The fourth-order valence-electron chi connectivity index (χ4n) is 3.43. The highest BCUT2D eigenvalue weighted by Crippen LogP contribution is 2.20. The molecule has 7 nitrogen and oxygen atoms in total. The molecule has 1 atom stereocenters. The van der Waals surface area contributed by atoms with Gasteiger partial charge in [-0.05, 0) is 56.0 Å². The highest BCUT2D eigenvalue weighted by atomic mass is 32.2. The van der Waals surface area contributed by atoms with Crippen LogP contribution in [-0.2, 0) is 10.0 Å². The molecule has 0 spiro atoms. The van der Waals surface area contributed by atoms with Crippen molar-refractivity contribution in [2.24, 2.45) is 11.7 Å². The molecule has 0 saturated carbocycles. The molecule has 0 aromatic heterocycles. The van der Waals surface area contributed by atoms with E-state index in [0.717, 1.165) is 18.4 Å². The van der Waals surface area contributed by atoms with E-state index in [2.05, 4.69) is 4.72 Å². The minimum absolute atomic E-state index is 0.0206. The van der Waals surface area contributed by atoms with Crippen LogP contribution in [0.3, 0.4) is 0 Å². The van der Waals surface area contributed by atoms with Crippen LogP contribution in [-0.4, -0.2) is 44.8 Å². The SMILES string of the molecule is Cc1ccc(S(=O)(=O)NCC2CCCN(C(=O)c3cccc(C(N)=O)c3)C2)cc1. The smallest absolute Gasteiger partial charge is 0.253 e. The van der Waals surface area contributed by atoms with Crippen LogP contribution in [0, 0.1) is 12.8 Å². The summed E-state index contributed by atoms with van der Waals surface area (Å²) in [5, 5.41) is 0. The molecule has 2 amide bonds. The number of nitrogens with one attached hydrogen (secondary N) is 1. The summed E-state index contributed by atoms with van der Waals surface area (Å²) in [7, 11) is -3.59. The number of sulfonamides is 1. The summed E-state index contributed by atoms with van der Waals surface area (Å²) in [6, 6.07) is 13.0. The fourth-order valence-corrected chi connectivity index (χ4v) is 4.55. The molecule has 29 heavy (non-hydrogen) atoms. The van der Waals surface area contributed by atoms with E-state index >= 15 is 0 Å². The molecule has 3 N–H and O–H groups in total. The molecule has 1 heterocycles. The zero-order valence-corrected chi connectivity index (χ0v) is 17.1. The Morgan fingerprint density at radius 3 is 2.52 bits per heavy atom. The maximum Gasteiger partial charge on any atom is 0.253 e. The van der Waals surface area contributed by atoms with Crippen molar-refractivity contribution in [3.05, 3.63) is 65.2 Å². The molecule has 1 aliphatic heterocycles. The summed E-state index contributed by atoms with van der Waals surface area (Å²) < 4.78 is 27.6. The van der Waals surface area contributed by atoms with E-state index in [1.165, 1.54) is 6.07 Å². The van der Waals surface area contributed by atoms with Crippen molar-refractivity contribution in [2.45, 2.75) is 24.7 Å². The molecule has 8 heteroatoms. The first-order valence-electron chi connectivity index (χ1n) is 9.52. The summed E-state index contributed by atoms with van der Waals surface area (Å²) in [5.74, 6) is -0.742. The first kappa shape index (κ1) is 21.0. The number of carbonyl (C=O) groups is 2. The average Bonchev–Trinajstić information content (AvgIpc) is 2.72. The topological polar surface area (TPSA) is 110 Å². The Morgan fingerprint density at radius 2 is 1.83 bits per heavy atom. The highest BCUT2D eigenvalue weighted by Gasteiger charge is 2.26. The maximum absolute atomic E-state index is 12.8. The Kier molecular flexibility index (Phi) is 6.34. The van der Waals surface area contributed by atoms with Gasteiger partial charge in [-0.3, -0.25) is 9.59 Å². The third kappa shape index (κ3) is 5.21. The normalized spacial score (nSPS) is 17.1. The summed E-state index contributed by atoms with van der Waals surface area (Å²) >= 11 is 0. The van der Waals surface area contributed by atoms with Crippen LogP contribution in [0.5, 0.6) is 0 Å². The number of piperidine rings is 1. The number of likely N-dealkylation sites (tertiary alicyclic amines) is 1. The van der Waals surface area contributed by atoms with E-state index in [-0.39, 0.29) is 28.8 Å². The standard InChI is InChI=1S/C21H25N3O4S/c1-15-7-9-19(10-8-15)29(27,28)23-13-16-4-3-11-24(14-16)21(26)18-6-2-5-17(12-18)20(22)25/h2,5-10,12,16,23H,3-4,11,13-14H2,1H3,(H2,22,25). The second-order valence-corrected chi connectivity index (χ2v) is 9.14. The zero-order chi connectivity index (χ0) is 21.0. The van der Waals surface area contributed by atoms with Crippen molar-refractivity contribution in [3.63, 3.8) is 0 Å². The number of hydrogen-bond donors (Lipinski definition) is 2. The number of benzene rings is 2. The summed E-state index contributed by atoms with van der Waals surface area (Å²) in [4.78, 5) is 26.1. The molecule has 3 rings (SSSR count). The molecular formula is C21H25N3O4S. The number of amides is 2. The van der Waals surface area contributed by atoms with E-state index < -0.39 is 15.9 Å². The summed E-state index contributed by atoms with van der Waals surface area (Å²) in [5.41, 5.74) is 6.97. The van der Waals surface area contributed by atoms with Gasteiger partial charge in [-0.25, -0.2) is 13.1 Å². The molecule has 0 bridgehead atoms. The lowest BCUT2D eigenvalue weighted by Crippen LogP contribution is -2.43. The monoisotopic (exact) mass is 415 g/mol. The Balaban J connectivity index is 1.63. The van der Waals surface area contributed by atoms with Crippen molar-refractivity contribution in [2.75, 3.05) is 19.6 Å². The van der Waals surface area contributed by atoms with Crippen molar-refractivity contribution in [1.82, 2.24) is 9.62 Å². The predicted molar refractivity (Wildman–Crippen MR) is 110 cm³/mol. The maximum atomic E-state index is 12.8. The molecule has 0 radical (unpaired) electrons. The number of hydrogen-bond acceptors (Lipinski definition) is 4. The highest BCUT2D eigenvalue weighted by molar-refractivity contribution is 7.89. The van der Waals surface area contributed by atoms with E-state index in [9.17, 15) is 18.0 Å². The van der Waals surface area contributed by atoms with E-state index in [1.54, 1.807) is 47.4 Å². The van der Waals surface area contributed by atoms with Gasteiger partial charge in [0.25, 0.3) is 5.91 Å². The average molecular weight is 416 g/mol. The van der Waals surface area contributed by atoms with Crippen LogP contribution in [0.1, 0.15) is 39.1 Å². The van der Waals surface area contributed by atoms with Crippen LogP contribution >= 0.6 is 0 Å². The largest absolute Gasteiger partial charge is 0.366 e. The quantitative estimate of drug-likeness (QED) is 0.751. The lowest BCUT2D eigenvalue weighted by Gasteiger charge is -2.33. The fraction of sp³-hybridized carbons (Fsp3) is 0.333. The van der Waals surface area contributed by atoms with Crippen LogP contribution in [0.25, 0.3) is 0 Å². The molecule has 1 fully saturated rings. The number of carbonyl (C=O) groups excluding carboxylic acids is 2. The minimum Gasteiger partial charge on any atom is -0.366 e. The van der Waals surface area contributed by atoms with Gasteiger partial charge in [0, 0.05) is 30.8 Å². The Labute approximate surface area is 171 Å². The zero-order valence-electron chi connectivity index (χ0n) is 16.3. The Morgan fingerprint density at radius 1 is 1.14 bits per heavy atom. The van der Waals surface area contributed by atoms with Gasteiger partial charge >= 0.3 is 0 Å². The van der Waals surface area contributed by atoms with Gasteiger partial charge in [0.1, 0.15) is 0 Å². The van der Waals surface area contributed by atoms with Gasteiger partial charge in [0.15, 0.2) is 0 Å². The van der Waals surface area contributed by atoms with E-state index in [0.29, 0.717) is 18.7 Å². The Bertz CT molecular complexity index is 1000.